The second kappa shape index (κ2) is 29.7. The van der Waals surface area contributed by atoms with Crippen molar-refractivity contribution in [2.45, 2.75) is 102 Å². The fraction of sp³-hybridized carbons (Fsp3) is 0.397. The molecule has 0 bridgehead atoms. The topological polar surface area (TPSA) is 273 Å². The van der Waals surface area contributed by atoms with E-state index >= 15 is 0 Å². The number of aryl methyl sites for hydroxylation is 1. The van der Waals surface area contributed by atoms with Gasteiger partial charge >= 0.3 is 5.97 Å². The number of amides is 7. The molecule has 86 heavy (non-hydrogen) atoms. The fourth-order valence-corrected chi connectivity index (χ4v) is 11.3. The van der Waals surface area contributed by atoms with Crippen LogP contribution in [0, 0.1) is 12.8 Å². The number of methoxy groups -OCH3 is 3. The van der Waals surface area contributed by atoms with E-state index < -0.39 is 29.1 Å². The summed E-state index contributed by atoms with van der Waals surface area (Å²) in [4.78, 5) is 115. The highest BCUT2D eigenvalue weighted by Gasteiger charge is 2.39. The highest BCUT2D eigenvalue weighted by atomic mass is 32.2. The lowest BCUT2D eigenvalue weighted by atomic mass is 10.0. The van der Waals surface area contributed by atoms with Crippen molar-refractivity contribution in [2.75, 3.05) is 58.7 Å². The SMILES string of the molecule is COc1ccc(C2=CN(C=O)C(/C=N\c3cc(OCCCOc4cc5c(cc4OC)C(=O)N4C=C(c6ccc(NC(=O)CNC(=O)C(NC(=O)CCCCCN7C(=O)CC(SCCC(=O)O)C7=O)C(C)C)cc6)CC4C=N5)c(OC)cc3C)C2)cc1. The molecule has 0 saturated carbocycles. The van der Waals surface area contributed by atoms with Gasteiger partial charge in [0.05, 0.1) is 81.8 Å². The first-order valence-electron chi connectivity index (χ1n) is 28.5. The van der Waals surface area contributed by atoms with Crippen LogP contribution in [0.25, 0.3) is 11.1 Å². The molecule has 0 spiro atoms. The number of ether oxygens (including phenoxy) is 5. The maximum Gasteiger partial charge on any atom is 0.304 e. The van der Waals surface area contributed by atoms with Crippen LogP contribution in [0.4, 0.5) is 17.1 Å². The third kappa shape index (κ3) is 16.0. The highest BCUT2D eigenvalue weighted by molar-refractivity contribution is 8.00. The number of aliphatic imine (C=N–C) groups is 2. The lowest BCUT2D eigenvalue weighted by Gasteiger charge is -2.21. The zero-order chi connectivity index (χ0) is 61.4. The van der Waals surface area contributed by atoms with Crippen molar-refractivity contribution in [1.82, 2.24) is 25.3 Å². The van der Waals surface area contributed by atoms with Crippen LogP contribution in [0.15, 0.2) is 95.2 Å². The van der Waals surface area contributed by atoms with Gasteiger partial charge in [-0.25, -0.2) is 0 Å². The maximum atomic E-state index is 14.1. The number of thioether (sulfide) groups is 1. The number of carboxylic acid groups (broad SMARTS) is 1. The lowest BCUT2D eigenvalue weighted by Crippen LogP contribution is -2.51. The number of hydrogen-bond acceptors (Lipinski definition) is 16. The second-order valence-electron chi connectivity index (χ2n) is 21.3. The normalized spacial score (nSPS) is 17.4. The number of nitrogens with one attached hydrogen (secondary N) is 3. The Kier molecular flexibility index (Phi) is 21.8. The molecule has 0 radical (unpaired) electrons. The molecule has 4 aromatic rings. The number of hydrogen-bond donors (Lipinski definition) is 4. The van der Waals surface area contributed by atoms with Gasteiger partial charge in [-0.1, -0.05) is 44.5 Å². The van der Waals surface area contributed by atoms with E-state index in [2.05, 4.69) is 16.0 Å². The van der Waals surface area contributed by atoms with Crippen LogP contribution in [0.2, 0.25) is 0 Å². The summed E-state index contributed by atoms with van der Waals surface area (Å²) in [6, 6.07) is 20.3. The van der Waals surface area contributed by atoms with Gasteiger partial charge in [-0.05, 0) is 89.9 Å². The first kappa shape index (κ1) is 63.0. The number of nitrogens with zero attached hydrogens (tertiary/aromatic N) is 5. The van der Waals surface area contributed by atoms with Gasteiger partial charge in [-0.3, -0.25) is 53.2 Å². The smallest absolute Gasteiger partial charge is 0.304 e. The number of likely N-dealkylation sites (tertiary alicyclic amines) is 1. The molecule has 4 atom stereocenters. The molecule has 0 aliphatic carbocycles. The zero-order valence-corrected chi connectivity index (χ0v) is 49.8. The highest BCUT2D eigenvalue weighted by Crippen LogP contribution is 2.41. The summed E-state index contributed by atoms with van der Waals surface area (Å²) in [7, 11) is 4.69. The Labute approximate surface area is 503 Å². The Hall–Kier alpha value is -8.99. The van der Waals surface area contributed by atoms with Crippen molar-refractivity contribution in [3.63, 3.8) is 0 Å². The Morgan fingerprint density at radius 2 is 1.48 bits per heavy atom. The van der Waals surface area contributed by atoms with E-state index in [1.807, 2.05) is 61.7 Å². The third-order valence-corrected chi connectivity index (χ3v) is 16.1. The molecule has 8 rings (SSSR count). The number of benzene rings is 4. The number of carbonyl (C=O) groups excluding carboxylic acids is 7. The van der Waals surface area contributed by atoms with Gasteiger partial charge in [0.15, 0.2) is 23.0 Å². The summed E-state index contributed by atoms with van der Waals surface area (Å²) in [6.07, 6.45) is 11.1. The van der Waals surface area contributed by atoms with Crippen LogP contribution in [0.5, 0.6) is 28.7 Å². The van der Waals surface area contributed by atoms with Gasteiger partial charge < -0.3 is 54.5 Å². The molecular formula is C63H72N8O14S. The summed E-state index contributed by atoms with van der Waals surface area (Å²) in [6.45, 7) is 5.90. The number of anilines is 1. The van der Waals surface area contributed by atoms with Crippen LogP contribution < -0.4 is 39.6 Å². The number of fused-ring (bicyclic) bond motifs is 2. The standard InChI is InChI=1S/C63H72N8O14S/c1-38(2)60(68-56(73)11-8-7-9-21-70-58(75)31-55(63(70)80)86-24-20-59(76)77)61(78)66-34-57(74)67-44-16-12-40(13-17-44)43-27-46-33-65-50-30-54(52(83-6)28-48(50)62(79)71(46)36-43)85-23-10-22-84-53-29-49(39(3)25-51(53)82-5)64-32-45-26-42(35-69(45)37-72)41-14-18-47(81-4)19-15-41/h12-19,25,28-30,32-33,35-38,45-46,55,60H,7-11,20-24,26-27,31,34H2,1-6H3,(H,66,78)(H,67,74)(H,68,73)(H,76,77)/b64-32-. The Bertz CT molecular complexity index is 3310. The Morgan fingerprint density at radius 1 is 0.791 bits per heavy atom. The molecule has 1 saturated heterocycles. The molecule has 4 unspecified atom stereocenters. The fourth-order valence-electron chi connectivity index (χ4n) is 10.2. The van der Waals surface area contributed by atoms with Gasteiger partial charge in [-0.15, -0.1) is 11.8 Å². The van der Waals surface area contributed by atoms with Gasteiger partial charge in [0.1, 0.15) is 11.8 Å². The Balaban J connectivity index is 0.768. The molecule has 22 nitrogen and oxygen atoms in total. The molecule has 4 aromatic carbocycles. The summed E-state index contributed by atoms with van der Waals surface area (Å²) in [5.74, 6) is -0.622. The number of aliphatic carboxylic acids is 1. The van der Waals surface area contributed by atoms with Gasteiger partial charge in [0.25, 0.3) is 5.91 Å². The first-order valence-corrected chi connectivity index (χ1v) is 29.5. The molecule has 7 amide bonds. The predicted molar refractivity (Wildman–Crippen MR) is 326 cm³/mol. The van der Waals surface area contributed by atoms with Gasteiger partial charge in [-0.2, -0.15) is 0 Å². The molecule has 0 aromatic heterocycles. The van der Waals surface area contributed by atoms with Crippen molar-refractivity contribution in [2.24, 2.45) is 15.9 Å². The molecular weight excluding hydrogens is 1120 g/mol. The van der Waals surface area contributed by atoms with Crippen LogP contribution in [-0.2, 0) is 33.6 Å². The van der Waals surface area contributed by atoms with E-state index in [0.717, 1.165) is 40.0 Å². The van der Waals surface area contributed by atoms with Crippen LogP contribution in [-0.4, -0.2) is 157 Å². The minimum atomic E-state index is -0.963. The monoisotopic (exact) mass is 1200 g/mol. The molecule has 1 fully saturated rings. The van der Waals surface area contributed by atoms with E-state index in [4.69, 9.17) is 38.8 Å². The van der Waals surface area contributed by atoms with Crippen molar-refractivity contribution < 1.29 is 67.1 Å². The Morgan fingerprint density at radius 3 is 2.15 bits per heavy atom. The summed E-state index contributed by atoms with van der Waals surface area (Å²) < 4.78 is 29.0. The second-order valence-corrected chi connectivity index (χ2v) is 22.6. The van der Waals surface area contributed by atoms with Crippen LogP contribution in [0.3, 0.4) is 0 Å². The van der Waals surface area contributed by atoms with E-state index in [0.29, 0.717) is 84.1 Å². The molecule has 454 valence electrons. The number of carbonyl (C=O) groups is 8. The average molecular weight is 1200 g/mol. The van der Waals surface area contributed by atoms with Crippen molar-refractivity contribution in [3.8, 4) is 28.7 Å². The summed E-state index contributed by atoms with van der Waals surface area (Å²) in [5, 5.41) is 16.4. The van der Waals surface area contributed by atoms with E-state index in [1.165, 1.54) is 23.8 Å². The molecule has 4 heterocycles. The van der Waals surface area contributed by atoms with Crippen LogP contribution in [0.1, 0.15) is 98.7 Å². The molecule has 4 N–H and O–H groups in total. The number of carboxylic acids is 1. The predicted octanol–water partition coefficient (Wildman–Crippen LogP) is 7.91. The van der Waals surface area contributed by atoms with Crippen molar-refractivity contribution in [3.05, 3.63) is 107 Å². The molecule has 4 aliphatic rings. The maximum absolute atomic E-state index is 14.1. The lowest BCUT2D eigenvalue weighted by molar-refractivity contribution is -0.139. The quantitative estimate of drug-likeness (QED) is 0.0167. The summed E-state index contributed by atoms with van der Waals surface area (Å²) in [5.41, 5.74) is 6.53. The van der Waals surface area contributed by atoms with Crippen LogP contribution >= 0.6 is 11.8 Å². The third-order valence-electron chi connectivity index (χ3n) is 14.9. The van der Waals surface area contributed by atoms with Gasteiger partial charge in [0, 0.05) is 87.1 Å². The minimum absolute atomic E-state index is 0.0467. The zero-order valence-electron chi connectivity index (χ0n) is 49.0. The largest absolute Gasteiger partial charge is 0.497 e. The van der Waals surface area contributed by atoms with E-state index in [1.54, 1.807) is 80.8 Å². The minimum Gasteiger partial charge on any atom is -0.497 e. The number of rotatable bonds is 30. The van der Waals surface area contributed by atoms with E-state index in [-0.39, 0.29) is 92.9 Å². The number of unbranched alkanes of at least 4 members (excludes halogenated alkanes) is 2. The van der Waals surface area contributed by atoms with Crippen molar-refractivity contribution >= 4 is 100 Å². The molecule has 4 aliphatic heterocycles. The molecule has 23 heteroatoms. The average Bonchev–Trinajstić information content (AvgIpc) is 2.31. The van der Waals surface area contributed by atoms with Crippen molar-refractivity contribution in [1.29, 1.82) is 0 Å². The first-order chi connectivity index (χ1) is 41.5. The van der Waals surface area contributed by atoms with Gasteiger partial charge in [0.2, 0.25) is 35.9 Å². The summed E-state index contributed by atoms with van der Waals surface area (Å²) >= 11 is 1.17. The van der Waals surface area contributed by atoms with E-state index in [9.17, 15) is 38.4 Å². The number of imide groups is 1.